The molecule has 0 bridgehead atoms. The number of nitrogens with zero attached hydrogens (tertiary/aromatic N) is 3. The summed E-state index contributed by atoms with van der Waals surface area (Å²) in [6, 6.07) is 17.6. The average molecular weight is 418 g/mol. The van der Waals surface area contributed by atoms with Crippen molar-refractivity contribution in [1.82, 2.24) is 10.2 Å². The van der Waals surface area contributed by atoms with Crippen LogP contribution in [-0.4, -0.2) is 55.5 Å². The van der Waals surface area contributed by atoms with Crippen molar-refractivity contribution in [1.29, 1.82) is 0 Å². The first kappa shape index (κ1) is 20.5. The summed E-state index contributed by atoms with van der Waals surface area (Å²) in [5, 5.41) is 11.6. The zero-order valence-corrected chi connectivity index (χ0v) is 17.1. The summed E-state index contributed by atoms with van der Waals surface area (Å²) < 4.78 is 10.0. The molecule has 1 aliphatic rings. The monoisotopic (exact) mass is 418 g/mol. The molecule has 1 aromatic heterocycles. The van der Waals surface area contributed by atoms with Crippen molar-refractivity contribution in [3.8, 4) is 11.3 Å². The first-order chi connectivity index (χ1) is 15.1. The van der Waals surface area contributed by atoms with E-state index in [1.807, 2.05) is 30.3 Å². The third-order valence-electron chi connectivity index (χ3n) is 4.97. The third kappa shape index (κ3) is 4.87. The Kier molecular flexibility index (Phi) is 6.18. The maximum absolute atomic E-state index is 12.6. The minimum atomic E-state index is -0.444. The molecule has 0 radical (unpaired) electrons. The number of amides is 1. The van der Waals surface area contributed by atoms with Crippen molar-refractivity contribution < 1.29 is 19.1 Å². The van der Waals surface area contributed by atoms with Gasteiger partial charge in [0, 0.05) is 29.9 Å². The topological polar surface area (TPSA) is 93.7 Å². The van der Waals surface area contributed by atoms with Crippen molar-refractivity contribution in [2.75, 3.05) is 43.6 Å². The van der Waals surface area contributed by atoms with E-state index in [1.165, 1.54) is 7.11 Å². The van der Waals surface area contributed by atoms with Crippen LogP contribution in [0.15, 0.2) is 60.7 Å². The normalized spacial score (nSPS) is 13.5. The zero-order valence-electron chi connectivity index (χ0n) is 17.1. The van der Waals surface area contributed by atoms with Crippen molar-refractivity contribution >= 4 is 23.4 Å². The molecule has 0 spiro atoms. The van der Waals surface area contributed by atoms with Gasteiger partial charge < -0.3 is 19.7 Å². The van der Waals surface area contributed by atoms with E-state index in [0.29, 0.717) is 30.0 Å². The number of carbonyl (C=O) groups is 2. The number of ether oxygens (including phenoxy) is 2. The Morgan fingerprint density at radius 2 is 1.71 bits per heavy atom. The molecule has 0 saturated carbocycles. The quantitative estimate of drug-likeness (QED) is 0.637. The van der Waals surface area contributed by atoms with Crippen LogP contribution in [0, 0.1) is 0 Å². The molecule has 0 aliphatic carbocycles. The van der Waals surface area contributed by atoms with Crippen LogP contribution in [0.2, 0.25) is 0 Å². The highest BCUT2D eigenvalue weighted by atomic mass is 16.5. The zero-order chi connectivity index (χ0) is 21.6. The number of rotatable bonds is 5. The lowest BCUT2D eigenvalue weighted by atomic mass is 10.1. The predicted octanol–water partition coefficient (Wildman–Crippen LogP) is 3.02. The summed E-state index contributed by atoms with van der Waals surface area (Å²) in [6.07, 6.45) is 0. The fourth-order valence-corrected chi connectivity index (χ4v) is 3.28. The van der Waals surface area contributed by atoms with Gasteiger partial charge in [0.25, 0.3) is 5.91 Å². The van der Waals surface area contributed by atoms with Gasteiger partial charge in [0.15, 0.2) is 5.82 Å². The Morgan fingerprint density at radius 1 is 0.968 bits per heavy atom. The predicted molar refractivity (Wildman–Crippen MR) is 116 cm³/mol. The molecule has 1 saturated heterocycles. The van der Waals surface area contributed by atoms with E-state index < -0.39 is 5.97 Å². The van der Waals surface area contributed by atoms with E-state index in [2.05, 4.69) is 25.2 Å². The van der Waals surface area contributed by atoms with Crippen LogP contribution < -0.4 is 10.2 Å². The lowest BCUT2D eigenvalue weighted by Crippen LogP contribution is -2.36. The number of aromatic nitrogens is 2. The Hall–Kier alpha value is -3.78. The molecule has 1 N–H and O–H groups in total. The molecule has 8 nitrogen and oxygen atoms in total. The van der Waals surface area contributed by atoms with E-state index in [0.717, 1.165) is 30.2 Å². The van der Waals surface area contributed by atoms with Gasteiger partial charge in [-0.3, -0.25) is 4.79 Å². The summed E-state index contributed by atoms with van der Waals surface area (Å²) in [5.74, 6) is 0.106. The van der Waals surface area contributed by atoms with Gasteiger partial charge >= 0.3 is 5.97 Å². The van der Waals surface area contributed by atoms with Crippen LogP contribution in [0.3, 0.4) is 0 Å². The van der Waals surface area contributed by atoms with Crippen LogP contribution in [0.5, 0.6) is 0 Å². The summed E-state index contributed by atoms with van der Waals surface area (Å²) in [6.45, 7) is 2.99. The molecule has 3 aromatic rings. The van der Waals surface area contributed by atoms with Crippen LogP contribution in [0.1, 0.15) is 20.7 Å². The number of carbonyl (C=O) groups excluding carboxylic acids is 2. The van der Waals surface area contributed by atoms with Crippen molar-refractivity contribution in [2.45, 2.75) is 0 Å². The second-order valence-corrected chi connectivity index (χ2v) is 6.98. The smallest absolute Gasteiger partial charge is 0.337 e. The van der Waals surface area contributed by atoms with Crippen LogP contribution >= 0.6 is 0 Å². The highest BCUT2D eigenvalue weighted by molar-refractivity contribution is 6.05. The standard InChI is InChI=1S/C23H22N4O4/c1-30-23(29)17-7-5-16(6-8-17)22(28)24-19-4-2-3-18(15-19)20-9-10-21(26-25-20)27-11-13-31-14-12-27/h2-10,15H,11-14H2,1H3,(H,24,28). The molecule has 4 rings (SSSR count). The van der Waals surface area contributed by atoms with Crippen LogP contribution in [0.4, 0.5) is 11.5 Å². The van der Waals surface area contributed by atoms with Gasteiger partial charge in [0.1, 0.15) is 0 Å². The fraction of sp³-hybridized carbons (Fsp3) is 0.217. The largest absolute Gasteiger partial charge is 0.465 e. The maximum atomic E-state index is 12.6. The molecule has 31 heavy (non-hydrogen) atoms. The number of nitrogens with one attached hydrogen (secondary N) is 1. The van der Waals surface area contributed by atoms with Gasteiger partial charge in [0.2, 0.25) is 0 Å². The molecule has 0 atom stereocenters. The Morgan fingerprint density at radius 3 is 2.39 bits per heavy atom. The van der Waals surface area contributed by atoms with Gasteiger partial charge in [-0.2, -0.15) is 0 Å². The lowest BCUT2D eigenvalue weighted by molar-refractivity contribution is 0.0600. The van der Waals surface area contributed by atoms with Crippen LogP contribution in [-0.2, 0) is 9.47 Å². The second kappa shape index (κ2) is 9.36. The molecule has 1 amide bonds. The Bertz CT molecular complexity index is 1060. The minimum Gasteiger partial charge on any atom is -0.465 e. The van der Waals surface area contributed by atoms with Gasteiger partial charge in [-0.1, -0.05) is 12.1 Å². The first-order valence-corrected chi connectivity index (χ1v) is 9.90. The maximum Gasteiger partial charge on any atom is 0.337 e. The molecule has 2 aromatic carbocycles. The van der Waals surface area contributed by atoms with E-state index in [-0.39, 0.29) is 5.91 Å². The van der Waals surface area contributed by atoms with Gasteiger partial charge in [-0.25, -0.2) is 4.79 Å². The third-order valence-corrected chi connectivity index (χ3v) is 4.97. The Balaban J connectivity index is 1.45. The highest BCUT2D eigenvalue weighted by Crippen LogP contribution is 2.22. The number of morpholine rings is 1. The highest BCUT2D eigenvalue weighted by Gasteiger charge is 2.14. The first-order valence-electron chi connectivity index (χ1n) is 9.90. The van der Waals surface area contributed by atoms with Crippen molar-refractivity contribution in [3.05, 3.63) is 71.8 Å². The molecule has 8 heteroatoms. The number of hydrogen-bond acceptors (Lipinski definition) is 7. The molecule has 0 unspecified atom stereocenters. The molecule has 158 valence electrons. The minimum absolute atomic E-state index is 0.276. The number of esters is 1. The summed E-state index contributed by atoms with van der Waals surface area (Å²) >= 11 is 0. The summed E-state index contributed by atoms with van der Waals surface area (Å²) in [5.41, 5.74) is 3.03. The average Bonchev–Trinajstić information content (AvgIpc) is 2.84. The molecular weight excluding hydrogens is 396 g/mol. The molecule has 1 fully saturated rings. The fourth-order valence-electron chi connectivity index (χ4n) is 3.28. The SMILES string of the molecule is COC(=O)c1ccc(C(=O)Nc2cccc(-c3ccc(N4CCOCC4)nn3)c2)cc1. The number of methoxy groups -OCH3 is 1. The number of anilines is 2. The van der Waals surface area contributed by atoms with Gasteiger partial charge in [0.05, 0.1) is 31.6 Å². The van der Waals surface area contributed by atoms with E-state index >= 15 is 0 Å². The number of benzene rings is 2. The van der Waals surface area contributed by atoms with Crippen LogP contribution in [0.25, 0.3) is 11.3 Å². The molecule has 2 heterocycles. The summed E-state index contributed by atoms with van der Waals surface area (Å²) in [4.78, 5) is 26.2. The molecule has 1 aliphatic heterocycles. The van der Waals surface area contributed by atoms with E-state index in [4.69, 9.17) is 4.74 Å². The van der Waals surface area contributed by atoms with Crippen molar-refractivity contribution in [3.63, 3.8) is 0 Å². The molecular formula is C23H22N4O4. The number of hydrogen-bond donors (Lipinski definition) is 1. The Labute approximate surface area is 179 Å². The van der Waals surface area contributed by atoms with Gasteiger partial charge in [-0.15, -0.1) is 10.2 Å². The van der Waals surface area contributed by atoms with Gasteiger partial charge in [-0.05, 0) is 48.5 Å². The lowest BCUT2D eigenvalue weighted by Gasteiger charge is -2.27. The summed E-state index contributed by atoms with van der Waals surface area (Å²) in [7, 11) is 1.32. The van der Waals surface area contributed by atoms with Crippen molar-refractivity contribution in [2.24, 2.45) is 0 Å². The van der Waals surface area contributed by atoms with E-state index in [1.54, 1.807) is 30.3 Å². The second-order valence-electron chi connectivity index (χ2n) is 6.98. The van der Waals surface area contributed by atoms with E-state index in [9.17, 15) is 9.59 Å².